The summed E-state index contributed by atoms with van der Waals surface area (Å²) in [5.74, 6) is 0.723. The molecule has 2 N–H and O–H groups in total. The minimum Gasteiger partial charge on any atom is -0.497 e. The molecular formula is C14H14ClN3O2. The zero-order valence-electron chi connectivity index (χ0n) is 11.1. The molecule has 0 aliphatic heterocycles. The summed E-state index contributed by atoms with van der Waals surface area (Å²) in [5, 5.41) is 0.191. The second-order valence-electron chi connectivity index (χ2n) is 4.17. The lowest BCUT2D eigenvalue weighted by Crippen LogP contribution is -2.26. The number of anilines is 2. The second-order valence-corrected chi connectivity index (χ2v) is 4.55. The molecular weight excluding hydrogens is 278 g/mol. The number of amides is 1. The fourth-order valence-electron chi connectivity index (χ4n) is 1.76. The number of pyridine rings is 1. The van der Waals surface area contributed by atoms with Crippen molar-refractivity contribution in [2.45, 2.75) is 0 Å². The zero-order chi connectivity index (χ0) is 14.7. The number of benzene rings is 1. The van der Waals surface area contributed by atoms with Crippen molar-refractivity contribution in [1.82, 2.24) is 4.98 Å². The fraction of sp³-hybridized carbons (Fsp3) is 0.143. The van der Waals surface area contributed by atoms with Crippen molar-refractivity contribution in [2.75, 3.05) is 24.8 Å². The predicted molar refractivity (Wildman–Crippen MR) is 79.4 cm³/mol. The summed E-state index contributed by atoms with van der Waals surface area (Å²) in [6, 6.07) is 10.1. The van der Waals surface area contributed by atoms with Crippen molar-refractivity contribution in [1.29, 1.82) is 0 Å². The smallest absolute Gasteiger partial charge is 0.258 e. The maximum atomic E-state index is 12.4. The first kappa shape index (κ1) is 14.1. The summed E-state index contributed by atoms with van der Waals surface area (Å²) in [5.41, 5.74) is 6.72. The van der Waals surface area contributed by atoms with Gasteiger partial charge in [-0.3, -0.25) is 4.79 Å². The fourth-order valence-corrected chi connectivity index (χ4v) is 1.97. The van der Waals surface area contributed by atoms with Crippen molar-refractivity contribution in [3.8, 4) is 5.75 Å². The molecule has 1 heterocycles. The van der Waals surface area contributed by atoms with Gasteiger partial charge in [-0.2, -0.15) is 0 Å². The van der Waals surface area contributed by atoms with Crippen LogP contribution < -0.4 is 15.4 Å². The summed E-state index contributed by atoms with van der Waals surface area (Å²) in [6.07, 6.45) is 0. The zero-order valence-corrected chi connectivity index (χ0v) is 11.9. The number of hydrogen-bond acceptors (Lipinski definition) is 4. The molecule has 2 rings (SSSR count). The molecule has 0 bridgehead atoms. The van der Waals surface area contributed by atoms with E-state index in [2.05, 4.69) is 4.98 Å². The van der Waals surface area contributed by atoms with Crippen LogP contribution in [-0.2, 0) is 0 Å². The molecule has 0 unspecified atom stereocenters. The summed E-state index contributed by atoms with van der Waals surface area (Å²) in [4.78, 5) is 17.7. The van der Waals surface area contributed by atoms with Crippen molar-refractivity contribution >= 4 is 29.0 Å². The van der Waals surface area contributed by atoms with Crippen LogP contribution in [0.25, 0.3) is 0 Å². The molecule has 6 heteroatoms. The summed E-state index contributed by atoms with van der Waals surface area (Å²) >= 11 is 5.81. The van der Waals surface area contributed by atoms with E-state index in [0.29, 0.717) is 5.56 Å². The summed E-state index contributed by atoms with van der Waals surface area (Å²) in [7, 11) is 3.26. The first-order valence-corrected chi connectivity index (χ1v) is 6.24. The van der Waals surface area contributed by atoms with Crippen molar-refractivity contribution in [3.05, 3.63) is 47.1 Å². The molecule has 0 spiro atoms. The van der Waals surface area contributed by atoms with Gasteiger partial charge in [0.05, 0.1) is 7.11 Å². The molecule has 1 aromatic carbocycles. The number of rotatable bonds is 3. The molecule has 0 fully saturated rings. The Balaban J connectivity index is 2.27. The third-order valence-electron chi connectivity index (χ3n) is 2.83. The van der Waals surface area contributed by atoms with E-state index in [-0.39, 0.29) is 16.9 Å². The van der Waals surface area contributed by atoms with Gasteiger partial charge >= 0.3 is 0 Å². The van der Waals surface area contributed by atoms with E-state index in [9.17, 15) is 4.79 Å². The Morgan fingerprint density at radius 3 is 2.50 bits per heavy atom. The molecule has 104 valence electrons. The first-order chi connectivity index (χ1) is 9.51. The molecule has 0 saturated carbocycles. The standard InChI is InChI=1S/C14H14ClN3O2/c1-18(10-3-5-11(20-2)6-4-10)14(19)9-7-12(15)17-13(16)8-9/h3-8H,1-2H3,(H2,16,17). The SMILES string of the molecule is COc1ccc(N(C)C(=O)c2cc(N)nc(Cl)c2)cc1. The van der Waals surface area contributed by atoms with Gasteiger partial charge in [-0.25, -0.2) is 4.98 Å². The minimum atomic E-state index is -0.217. The molecule has 1 aromatic heterocycles. The van der Waals surface area contributed by atoms with Gasteiger partial charge < -0.3 is 15.4 Å². The number of halogens is 1. The molecule has 20 heavy (non-hydrogen) atoms. The van der Waals surface area contributed by atoms with Gasteiger partial charge in [0.2, 0.25) is 0 Å². The largest absolute Gasteiger partial charge is 0.497 e. The van der Waals surface area contributed by atoms with Crippen LogP contribution in [0.1, 0.15) is 10.4 Å². The van der Waals surface area contributed by atoms with E-state index < -0.39 is 0 Å². The quantitative estimate of drug-likeness (QED) is 0.883. The van der Waals surface area contributed by atoms with E-state index in [1.54, 1.807) is 38.4 Å². The topological polar surface area (TPSA) is 68.5 Å². The predicted octanol–water partition coefficient (Wildman–Crippen LogP) is 2.60. The van der Waals surface area contributed by atoms with E-state index in [1.807, 2.05) is 0 Å². The molecule has 0 aliphatic carbocycles. The van der Waals surface area contributed by atoms with Gasteiger partial charge in [-0.15, -0.1) is 0 Å². The summed E-state index contributed by atoms with van der Waals surface area (Å²) in [6.45, 7) is 0. The third kappa shape index (κ3) is 3.00. The van der Waals surface area contributed by atoms with Crippen molar-refractivity contribution in [2.24, 2.45) is 0 Å². The highest BCUT2D eigenvalue weighted by Gasteiger charge is 2.15. The van der Waals surface area contributed by atoms with Crippen molar-refractivity contribution < 1.29 is 9.53 Å². The lowest BCUT2D eigenvalue weighted by Gasteiger charge is -2.18. The van der Waals surface area contributed by atoms with Crippen LogP contribution in [-0.4, -0.2) is 25.0 Å². The number of aromatic nitrogens is 1. The lowest BCUT2D eigenvalue weighted by molar-refractivity contribution is 0.0993. The average Bonchev–Trinajstić information content (AvgIpc) is 2.45. The Kier molecular flexibility index (Phi) is 4.10. The van der Waals surface area contributed by atoms with Crippen LogP contribution in [0.3, 0.4) is 0 Å². The number of ether oxygens (including phenoxy) is 1. The second kappa shape index (κ2) is 5.79. The molecule has 1 amide bonds. The number of carbonyl (C=O) groups is 1. The Morgan fingerprint density at radius 2 is 1.95 bits per heavy atom. The molecule has 2 aromatic rings. The third-order valence-corrected chi connectivity index (χ3v) is 3.02. The molecule has 0 aliphatic rings. The summed E-state index contributed by atoms with van der Waals surface area (Å²) < 4.78 is 5.08. The highest BCUT2D eigenvalue weighted by molar-refractivity contribution is 6.30. The van der Waals surface area contributed by atoms with Gasteiger partial charge in [0, 0.05) is 18.3 Å². The van der Waals surface area contributed by atoms with E-state index in [4.69, 9.17) is 22.1 Å². The number of hydrogen-bond donors (Lipinski definition) is 1. The van der Waals surface area contributed by atoms with Crippen LogP contribution in [0.2, 0.25) is 5.15 Å². The normalized spacial score (nSPS) is 10.2. The monoisotopic (exact) mass is 291 g/mol. The van der Waals surface area contributed by atoms with Gasteiger partial charge in [0.25, 0.3) is 5.91 Å². The maximum Gasteiger partial charge on any atom is 0.258 e. The maximum absolute atomic E-state index is 12.4. The minimum absolute atomic E-state index is 0.191. The number of carbonyl (C=O) groups excluding carboxylic acids is 1. The Hall–Kier alpha value is -2.27. The van der Waals surface area contributed by atoms with Crippen LogP contribution in [0.15, 0.2) is 36.4 Å². The number of nitrogens with two attached hydrogens (primary N) is 1. The van der Waals surface area contributed by atoms with Crippen LogP contribution >= 0.6 is 11.6 Å². The Morgan fingerprint density at radius 1 is 1.30 bits per heavy atom. The van der Waals surface area contributed by atoms with Crippen LogP contribution in [0.5, 0.6) is 5.75 Å². The lowest BCUT2D eigenvalue weighted by atomic mass is 10.2. The highest BCUT2D eigenvalue weighted by Crippen LogP contribution is 2.21. The van der Waals surface area contributed by atoms with E-state index in [1.165, 1.54) is 17.0 Å². The van der Waals surface area contributed by atoms with E-state index in [0.717, 1.165) is 11.4 Å². The molecule has 0 saturated heterocycles. The van der Waals surface area contributed by atoms with Crippen molar-refractivity contribution in [3.63, 3.8) is 0 Å². The highest BCUT2D eigenvalue weighted by atomic mass is 35.5. The van der Waals surface area contributed by atoms with Crippen LogP contribution in [0.4, 0.5) is 11.5 Å². The number of nitrogens with zero attached hydrogens (tertiary/aromatic N) is 2. The molecule has 0 radical (unpaired) electrons. The van der Waals surface area contributed by atoms with Gasteiger partial charge in [0.1, 0.15) is 16.7 Å². The van der Waals surface area contributed by atoms with Gasteiger partial charge in [-0.05, 0) is 36.4 Å². The molecule has 5 nitrogen and oxygen atoms in total. The first-order valence-electron chi connectivity index (χ1n) is 5.86. The number of methoxy groups -OCH3 is 1. The molecule has 0 atom stereocenters. The van der Waals surface area contributed by atoms with E-state index >= 15 is 0 Å². The number of nitrogen functional groups attached to an aromatic ring is 1. The van der Waals surface area contributed by atoms with Gasteiger partial charge in [-0.1, -0.05) is 11.6 Å². The van der Waals surface area contributed by atoms with Gasteiger partial charge in [0.15, 0.2) is 0 Å². The van der Waals surface area contributed by atoms with Crippen LogP contribution in [0, 0.1) is 0 Å². The Bertz CT molecular complexity index is 609. The average molecular weight is 292 g/mol. The Labute approximate surface area is 121 Å².